The minimum Gasteiger partial charge on any atom is -0.353 e. The van der Waals surface area contributed by atoms with Gasteiger partial charge in [0.1, 0.15) is 0 Å². The number of nitrogens with two attached hydrogens (primary N) is 1. The Labute approximate surface area is 124 Å². The molecule has 1 atom stereocenters. The average Bonchev–Trinajstić information content (AvgIpc) is 3.06. The molecule has 6 nitrogen and oxygen atoms in total. The maximum absolute atomic E-state index is 12.1. The van der Waals surface area contributed by atoms with Crippen LogP contribution in [-0.2, 0) is 16.8 Å². The highest BCUT2D eigenvalue weighted by Crippen LogP contribution is 2.36. The zero-order valence-electron chi connectivity index (χ0n) is 12.6. The Hall–Kier alpha value is -1.43. The maximum Gasteiger partial charge on any atom is 0.228 e. The number of hydrogen-bond donors (Lipinski definition) is 2. The second-order valence-corrected chi connectivity index (χ2v) is 6.62. The van der Waals surface area contributed by atoms with Crippen molar-refractivity contribution in [2.45, 2.75) is 69.9 Å². The summed E-state index contributed by atoms with van der Waals surface area (Å²) in [5.41, 5.74) is 5.79. The molecule has 116 valence electrons. The van der Waals surface area contributed by atoms with Gasteiger partial charge in [-0.3, -0.25) is 4.79 Å². The Morgan fingerprint density at radius 2 is 2.14 bits per heavy atom. The number of carbonyl (C=O) groups is 1. The lowest BCUT2D eigenvalue weighted by molar-refractivity contribution is -0.125. The van der Waals surface area contributed by atoms with Gasteiger partial charge in [0, 0.05) is 18.4 Å². The molecular weight excluding hydrogens is 268 g/mol. The topological polar surface area (TPSA) is 94.0 Å². The number of carbonyl (C=O) groups excluding carboxylic acids is 1. The minimum absolute atomic E-state index is 0.00140. The van der Waals surface area contributed by atoms with Gasteiger partial charge in [-0.1, -0.05) is 18.0 Å². The second kappa shape index (κ2) is 5.75. The van der Waals surface area contributed by atoms with Crippen LogP contribution in [-0.4, -0.2) is 22.1 Å². The molecule has 2 aliphatic carbocycles. The predicted molar refractivity (Wildman–Crippen MR) is 77.3 cm³/mol. The van der Waals surface area contributed by atoms with E-state index in [-0.39, 0.29) is 17.9 Å². The van der Waals surface area contributed by atoms with Crippen LogP contribution >= 0.6 is 0 Å². The number of nitrogens with one attached hydrogen (secondary N) is 1. The molecule has 0 bridgehead atoms. The van der Waals surface area contributed by atoms with Gasteiger partial charge < -0.3 is 15.6 Å². The molecule has 1 heterocycles. The molecular formula is C15H24N4O2. The van der Waals surface area contributed by atoms with Crippen molar-refractivity contribution in [3.8, 4) is 0 Å². The lowest BCUT2D eigenvalue weighted by atomic mass is 9.77. The summed E-state index contributed by atoms with van der Waals surface area (Å²) in [7, 11) is 0. The first-order valence-electron chi connectivity index (χ1n) is 7.99. The lowest BCUT2D eigenvalue weighted by Gasteiger charge is -2.34. The Balaban J connectivity index is 1.52. The Bertz CT molecular complexity index is 504. The summed E-state index contributed by atoms with van der Waals surface area (Å²) in [6, 6.07) is 0.00140. The summed E-state index contributed by atoms with van der Waals surface area (Å²) in [5.74, 6) is 1.51. The fraction of sp³-hybridized carbons (Fsp3) is 0.800. The molecule has 3 N–H and O–H groups in total. The summed E-state index contributed by atoms with van der Waals surface area (Å²) in [6.45, 7) is 1.97. The summed E-state index contributed by atoms with van der Waals surface area (Å²) in [5, 5.41) is 7.04. The fourth-order valence-corrected chi connectivity index (χ4v) is 3.18. The average molecular weight is 292 g/mol. The summed E-state index contributed by atoms with van der Waals surface area (Å²) in [6.07, 6.45) is 7.86. The van der Waals surface area contributed by atoms with E-state index >= 15 is 0 Å². The highest BCUT2D eigenvalue weighted by molar-refractivity contribution is 5.79. The van der Waals surface area contributed by atoms with Gasteiger partial charge in [-0.15, -0.1) is 0 Å². The Morgan fingerprint density at radius 1 is 1.43 bits per heavy atom. The molecule has 2 aliphatic rings. The van der Waals surface area contributed by atoms with E-state index in [9.17, 15) is 4.79 Å². The molecule has 0 spiro atoms. The van der Waals surface area contributed by atoms with E-state index in [0.29, 0.717) is 18.1 Å². The normalized spacial score (nSPS) is 22.8. The molecule has 0 saturated heterocycles. The molecule has 0 aliphatic heterocycles. The molecule has 1 aromatic heterocycles. The van der Waals surface area contributed by atoms with Crippen LogP contribution in [0, 0.1) is 5.92 Å². The lowest BCUT2D eigenvalue weighted by Crippen LogP contribution is -2.44. The number of aromatic nitrogens is 2. The molecule has 6 heteroatoms. The van der Waals surface area contributed by atoms with E-state index < -0.39 is 5.54 Å². The van der Waals surface area contributed by atoms with Gasteiger partial charge >= 0.3 is 0 Å². The number of amides is 1. The van der Waals surface area contributed by atoms with Crippen LogP contribution < -0.4 is 11.1 Å². The monoisotopic (exact) mass is 292 g/mol. The van der Waals surface area contributed by atoms with Crippen molar-refractivity contribution in [2.24, 2.45) is 11.7 Å². The van der Waals surface area contributed by atoms with E-state index in [1.165, 1.54) is 0 Å². The van der Waals surface area contributed by atoms with Crippen molar-refractivity contribution in [2.75, 3.05) is 0 Å². The van der Waals surface area contributed by atoms with Crippen LogP contribution in [0.1, 0.15) is 63.6 Å². The molecule has 2 fully saturated rings. The van der Waals surface area contributed by atoms with Crippen molar-refractivity contribution in [1.82, 2.24) is 15.5 Å². The first-order valence-corrected chi connectivity index (χ1v) is 7.99. The highest BCUT2D eigenvalue weighted by Gasteiger charge is 2.39. The van der Waals surface area contributed by atoms with Crippen LogP contribution in [0.3, 0.4) is 0 Å². The fourth-order valence-electron chi connectivity index (χ4n) is 3.18. The number of hydrogen-bond acceptors (Lipinski definition) is 5. The van der Waals surface area contributed by atoms with Crippen molar-refractivity contribution >= 4 is 5.91 Å². The van der Waals surface area contributed by atoms with E-state index in [4.69, 9.17) is 10.3 Å². The first-order chi connectivity index (χ1) is 10.1. The van der Waals surface area contributed by atoms with E-state index in [1.54, 1.807) is 0 Å². The van der Waals surface area contributed by atoms with Gasteiger partial charge in [-0.2, -0.15) is 4.98 Å². The molecule has 1 aromatic rings. The number of nitrogens with zero attached hydrogens (tertiary/aromatic N) is 2. The quantitative estimate of drug-likeness (QED) is 0.860. The molecule has 3 rings (SSSR count). The van der Waals surface area contributed by atoms with Crippen LogP contribution in [0.5, 0.6) is 0 Å². The van der Waals surface area contributed by atoms with E-state index in [1.807, 2.05) is 6.92 Å². The van der Waals surface area contributed by atoms with Gasteiger partial charge in [-0.05, 0) is 39.0 Å². The van der Waals surface area contributed by atoms with E-state index in [2.05, 4.69) is 15.5 Å². The van der Waals surface area contributed by atoms with Gasteiger partial charge in [0.15, 0.2) is 5.82 Å². The first kappa shape index (κ1) is 14.5. The second-order valence-electron chi connectivity index (χ2n) is 6.62. The van der Waals surface area contributed by atoms with Crippen molar-refractivity contribution in [3.05, 3.63) is 11.7 Å². The highest BCUT2D eigenvalue weighted by atomic mass is 16.5. The molecule has 0 radical (unpaired) electrons. The van der Waals surface area contributed by atoms with Crippen molar-refractivity contribution in [3.63, 3.8) is 0 Å². The van der Waals surface area contributed by atoms with Gasteiger partial charge in [0.2, 0.25) is 11.8 Å². The van der Waals surface area contributed by atoms with Crippen LogP contribution in [0.2, 0.25) is 0 Å². The standard InChI is InChI=1S/C15H24N4O2/c1-10(17-13(20)11-5-2-3-6-11)9-12-18-14(19-21-12)15(16)7-4-8-15/h10-11H,2-9,16H2,1H3,(H,17,20). The summed E-state index contributed by atoms with van der Waals surface area (Å²) < 4.78 is 5.27. The number of rotatable bonds is 5. The van der Waals surface area contributed by atoms with Crippen LogP contribution in [0.15, 0.2) is 4.52 Å². The van der Waals surface area contributed by atoms with Crippen LogP contribution in [0.4, 0.5) is 0 Å². The zero-order valence-corrected chi connectivity index (χ0v) is 12.6. The smallest absolute Gasteiger partial charge is 0.228 e. The largest absolute Gasteiger partial charge is 0.353 e. The zero-order chi connectivity index (χ0) is 14.9. The summed E-state index contributed by atoms with van der Waals surface area (Å²) in [4.78, 5) is 16.5. The minimum atomic E-state index is -0.391. The van der Waals surface area contributed by atoms with E-state index in [0.717, 1.165) is 44.9 Å². The summed E-state index contributed by atoms with van der Waals surface area (Å²) >= 11 is 0. The van der Waals surface area contributed by atoms with Crippen molar-refractivity contribution < 1.29 is 9.32 Å². The Kier molecular flexibility index (Phi) is 3.97. The molecule has 0 aromatic carbocycles. The maximum atomic E-state index is 12.1. The SMILES string of the molecule is CC(Cc1nc(C2(N)CCC2)no1)NC(=O)C1CCCC1. The van der Waals surface area contributed by atoms with Crippen LogP contribution in [0.25, 0.3) is 0 Å². The Morgan fingerprint density at radius 3 is 2.76 bits per heavy atom. The van der Waals surface area contributed by atoms with Crippen molar-refractivity contribution in [1.29, 1.82) is 0 Å². The molecule has 1 amide bonds. The van der Waals surface area contributed by atoms with Gasteiger partial charge in [0.05, 0.1) is 5.54 Å². The predicted octanol–water partition coefficient (Wildman–Crippen LogP) is 1.64. The third-order valence-corrected chi connectivity index (χ3v) is 4.75. The molecule has 1 unspecified atom stereocenters. The van der Waals surface area contributed by atoms with Gasteiger partial charge in [-0.25, -0.2) is 0 Å². The third-order valence-electron chi connectivity index (χ3n) is 4.75. The molecule has 21 heavy (non-hydrogen) atoms. The third kappa shape index (κ3) is 3.10. The molecule has 2 saturated carbocycles. The van der Waals surface area contributed by atoms with Gasteiger partial charge in [0.25, 0.3) is 0 Å².